The number of hydrogen-bond donors (Lipinski definition) is 2. The zero-order valence-electron chi connectivity index (χ0n) is 16.6. The van der Waals surface area contributed by atoms with Crippen molar-refractivity contribution in [1.29, 1.82) is 0 Å². The lowest BCUT2D eigenvalue weighted by molar-refractivity contribution is 0.0191. The van der Waals surface area contributed by atoms with Gasteiger partial charge >= 0.3 is 0 Å². The number of benzene rings is 1. The van der Waals surface area contributed by atoms with E-state index in [9.17, 15) is 0 Å². The molecule has 0 aliphatic carbocycles. The summed E-state index contributed by atoms with van der Waals surface area (Å²) in [6.07, 6.45) is 6.30. The van der Waals surface area contributed by atoms with Gasteiger partial charge in [-0.05, 0) is 37.0 Å². The molecule has 28 heavy (non-hydrogen) atoms. The normalized spacial score (nSPS) is 17.0. The second-order valence-corrected chi connectivity index (χ2v) is 6.80. The molecule has 1 unspecified atom stereocenters. The lowest BCUT2D eigenvalue weighted by atomic mass is 10.1. The molecule has 1 aromatic heterocycles. The Balaban J connectivity index is 1.48. The highest BCUT2D eigenvalue weighted by Crippen LogP contribution is 2.12. The molecule has 0 amide bonds. The Morgan fingerprint density at radius 3 is 2.93 bits per heavy atom. The van der Waals surface area contributed by atoms with Crippen LogP contribution in [0.15, 0.2) is 47.7 Å². The summed E-state index contributed by atoms with van der Waals surface area (Å²) in [5.74, 6) is 0.803. The molecule has 0 spiro atoms. The van der Waals surface area contributed by atoms with Gasteiger partial charge in [0.15, 0.2) is 5.96 Å². The van der Waals surface area contributed by atoms with Crippen molar-refractivity contribution >= 4 is 5.96 Å². The second kappa shape index (κ2) is 11.5. The Bertz CT molecular complexity index is 711. The minimum Gasteiger partial charge on any atom is -0.377 e. The van der Waals surface area contributed by atoms with E-state index in [4.69, 9.17) is 14.5 Å². The lowest BCUT2D eigenvalue weighted by Crippen LogP contribution is -2.39. The smallest absolute Gasteiger partial charge is 0.191 e. The van der Waals surface area contributed by atoms with Crippen LogP contribution in [-0.2, 0) is 22.6 Å². The van der Waals surface area contributed by atoms with Crippen molar-refractivity contribution in [3.8, 4) is 0 Å². The van der Waals surface area contributed by atoms with Gasteiger partial charge in [0.25, 0.3) is 0 Å². The Morgan fingerprint density at radius 1 is 1.29 bits per heavy atom. The van der Waals surface area contributed by atoms with Crippen LogP contribution in [0.4, 0.5) is 0 Å². The van der Waals surface area contributed by atoms with E-state index >= 15 is 0 Å². The minimum absolute atomic E-state index is 0.271. The SMILES string of the molecule is CCNC(=NCc1ccccc1Cn1cccn1)NCCOCC1CCCO1. The van der Waals surface area contributed by atoms with Gasteiger partial charge in [-0.2, -0.15) is 5.10 Å². The highest BCUT2D eigenvalue weighted by Gasteiger charge is 2.14. The lowest BCUT2D eigenvalue weighted by Gasteiger charge is -2.14. The summed E-state index contributed by atoms with van der Waals surface area (Å²) in [5, 5.41) is 10.9. The fourth-order valence-electron chi connectivity index (χ4n) is 3.17. The van der Waals surface area contributed by atoms with Crippen molar-refractivity contribution in [2.75, 3.05) is 32.9 Å². The van der Waals surface area contributed by atoms with E-state index in [2.05, 4.69) is 46.9 Å². The van der Waals surface area contributed by atoms with E-state index < -0.39 is 0 Å². The number of rotatable bonds is 10. The average Bonchev–Trinajstić information content (AvgIpc) is 3.41. The molecule has 2 heterocycles. The van der Waals surface area contributed by atoms with Gasteiger partial charge in [-0.25, -0.2) is 4.99 Å². The van der Waals surface area contributed by atoms with Crippen LogP contribution in [0.25, 0.3) is 0 Å². The van der Waals surface area contributed by atoms with E-state index in [1.165, 1.54) is 11.1 Å². The van der Waals surface area contributed by atoms with Crippen LogP contribution in [0.3, 0.4) is 0 Å². The molecule has 2 aromatic rings. The van der Waals surface area contributed by atoms with Crippen molar-refractivity contribution in [3.05, 3.63) is 53.9 Å². The fourth-order valence-corrected chi connectivity index (χ4v) is 3.17. The Hall–Kier alpha value is -2.38. The molecule has 1 aliphatic heterocycles. The number of hydrogen-bond acceptors (Lipinski definition) is 4. The zero-order valence-corrected chi connectivity index (χ0v) is 16.6. The standard InChI is InChI=1S/C21H31N5O2/c1-2-22-21(23-11-14-27-17-20-9-5-13-28-20)24-15-18-7-3-4-8-19(18)16-26-12-6-10-25-26/h3-4,6-8,10,12,20H,2,5,9,11,13-17H2,1H3,(H2,22,23,24). The van der Waals surface area contributed by atoms with Gasteiger partial charge in [0.2, 0.25) is 0 Å². The average molecular weight is 386 g/mol. The van der Waals surface area contributed by atoms with Crippen LogP contribution in [0, 0.1) is 0 Å². The van der Waals surface area contributed by atoms with Crippen LogP contribution in [0.5, 0.6) is 0 Å². The number of guanidine groups is 1. The van der Waals surface area contributed by atoms with Crippen LogP contribution in [0.1, 0.15) is 30.9 Å². The number of aromatic nitrogens is 2. The molecule has 0 bridgehead atoms. The topological polar surface area (TPSA) is 72.7 Å². The molecule has 7 nitrogen and oxygen atoms in total. The predicted octanol–water partition coefficient (Wildman–Crippen LogP) is 2.18. The number of ether oxygens (including phenoxy) is 2. The molecule has 1 aromatic carbocycles. The van der Waals surface area contributed by atoms with Gasteiger partial charge in [0.1, 0.15) is 0 Å². The predicted molar refractivity (Wildman–Crippen MR) is 110 cm³/mol. The summed E-state index contributed by atoms with van der Waals surface area (Å²) in [5.41, 5.74) is 2.43. The van der Waals surface area contributed by atoms with Crippen molar-refractivity contribution in [3.63, 3.8) is 0 Å². The first kappa shape index (κ1) is 20.4. The van der Waals surface area contributed by atoms with Crippen LogP contribution < -0.4 is 10.6 Å². The first-order chi connectivity index (χ1) is 13.8. The van der Waals surface area contributed by atoms with Gasteiger partial charge in [0.05, 0.1) is 32.4 Å². The minimum atomic E-state index is 0.271. The molecule has 2 N–H and O–H groups in total. The van der Waals surface area contributed by atoms with Crippen molar-refractivity contribution in [1.82, 2.24) is 20.4 Å². The molecule has 152 valence electrons. The summed E-state index contributed by atoms with van der Waals surface area (Å²) < 4.78 is 13.2. The summed E-state index contributed by atoms with van der Waals surface area (Å²) in [4.78, 5) is 4.73. The summed E-state index contributed by atoms with van der Waals surface area (Å²) in [6, 6.07) is 10.3. The van der Waals surface area contributed by atoms with Crippen molar-refractivity contribution in [2.45, 2.75) is 39.0 Å². The summed E-state index contributed by atoms with van der Waals surface area (Å²) in [7, 11) is 0. The summed E-state index contributed by atoms with van der Waals surface area (Å²) in [6.45, 7) is 7.15. The van der Waals surface area contributed by atoms with E-state index in [-0.39, 0.29) is 6.10 Å². The molecule has 0 radical (unpaired) electrons. The molecule has 0 saturated carbocycles. The monoisotopic (exact) mass is 385 g/mol. The Kier molecular flexibility index (Phi) is 8.33. The van der Waals surface area contributed by atoms with E-state index in [1.54, 1.807) is 6.20 Å². The van der Waals surface area contributed by atoms with Crippen LogP contribution >= 0.6 is 0 Å². The van der Waals surface area contributed by atoms with Crippen LogP contribution in [0.2, 0.25) is 0 Å². The third-order valence-electron chi connectivity index (χ3n) is 4.63. The molecule has 7 heteroatoms. The van der Waals surface area contributed by atoms with Gasteiger partial charge in [0, 0.05) is 32.1 Å². The van der Waals surface area contributed by atoms with E-state index in [1.807, 2.05) is 16.9 Å². The first-order valence-electron chi connectivity index (χ1n) is 10.1. The van der Waals surface area contributed by atoms with Gasteiger partial charge in [-0.3, -0.25) is 4.68 Å². The molecule has 1 atom stereocenters. The number of nitrogens with zero attached hydrogens (tertiary/aromatic N) is 3. The van der Waals surface area contributed by atoms with Gasteiger partial charge in [-0.1, -0.05) is 24.3 Å². The van der Waals surface area contributed by atoms with Crippen LogP contribution in [-0.4, -0.2) is 54.8 Å². The fraction of sp³-hybridized carbons (Fsp3) is 0.524. The number of aliphatic imine (C=N–C) groups is 1. The summed E-state index contributed by atoms with van der Waals surface area (Å²) >= 11 is 0. The Morgan fingerprint density at radius 2 is 2.18 bits per heavy atom. The quantitative estimate of drug-likeness (QED) is 0.373. The van der Waals surface area contributed by atoms with Crippen molar-refractivity contribution in [2.24, 2.45) is 4.99 Å². The third-order valence-corrected chi connectivity index (χ3v) is 4.63. The molecular weight excluding hydrogens is 354 g/mol. The van der Waals surface area contributed by atoms with Gasteiger partial charge < -0.3 is 20.1 Å². The molecule has 3 rings (SSSR count). The van der Waals surface area contributed by atoms with E-state index in [0.29, 0.717) is 26.3 Å². The third kappa shape index (κ3) is 6.65. The maximum atomic E-state index is 5.71. The maximum Gasteiger partial charge on any atom is 0.191 e. The number of nitrogens with one attached hydrogen (secondary N) is 2. The first-order valence-corrected chi connectivity index (χ1v) is 10.1. The second-order valence-electron chi connectivity index (χ2n) is 6.80. The highest BCUT2D eigenvalue weighted by atomic mass is 16.5. The Labute approximate surface area is 167 Å². The molecule has 1 aliphatic rings. The largest absolute Gasteiger partial charge is 0.377 e. The molecule has 1 saturated heterocycles. The molecule has 1 fully saturated rings. The maximum absolute atomic E-state index is 5.71. The van der Waals surface area contributed by atoms with Gasteiger partial charge in [-0.15, -0.1) is 0 Å². The van der Waals surface area contributed by atoms with E-state index in [0.717, 1.165) is 38.5 Å². The van der Waals surface area contributed by atoms with Crippen molar-refractivity contribution < 1.29 is 9.47 Å². The highest BCUT2D eigenvalue weighted by molar-refractivity contribution is 5.79. The zero-order chi connectivity index (χ0) is 19.4. The molecular formula is C21H31N5O2.